The van der Waals surface area contributed by atoms with Crippen LogP contribution in [0, 0.1) is 5.82 Å². The summed E-state index contributed by atoms with van der Waals surface area (Å²) in [7, 11) is 0. The highest BCUT2D eigenvalue weighted by Gasteiger charge is 2.13. The van der Waals surface area contributed by atoms with Crippen LogP contribution in [0.5, 0.6) is 0 Å². The quantitative estimate of drug-likeness (QED) is 0.880. The molecule has 2 rings (SSSR count). The SMILES string of the molecule is CCNC(C)c1nnc(Nc2ccc(Br)cc2F)o1. The van der Waals surface area contributed by atoms with Crippen molar-refractivity contribution >= 4 is 27.6 Å². The second kappa shape index (κ2) is 6.12. The Bertz CT molecular complexity index is 560. The van der Waals surface area contributed by atoms with Gasteiger partial charge in [0.15, 0.2) is 0 Å². The lowest BCUT2D eigenvalue weighted by Crippen LogP contribution is -2.17. The summed E-state index contributed by atoms with van der Waals surface area (Å²) < 4.78 is 19.7. The van der Waals surface area contributed by atoms with E-state index in [1.165, 1.54) is 6.07 Å². The first-order chi connectivity index (χ1) is 9.10. The van der Waals surface area contributed by atoms with Gasteiger partial charge in [0.2, 0.25) is 5.89 Å². The predicted octanol–water partition coefficient (Wildman–Crippen LogP) is 3.39. The summed E-state index contributed by atoms with van der Waals surface area (Å²) in [4.78, 5) is 0. The number of hydrogen-bond donors (Lipinski definition) is 2. The number of halogens is 2. The van der Waals surface area contributed by atoms with Gasteiger partial charge in [0.05, 0.1) is 11.7 Å². The molecular formula is C12H14BrFN4O. The Morgan fingerprint density at radius 3 is 2.89 bits per heavy atom. The normalized spacial score (nSPS) is 12.4. The van der Waals surface area contributed by atoms with Crippen LogP contribution in [0.15, 0.2) is 27.1 Å². The minimum absolute atomic E-state index is 0.0391. The maximum absolute atomic E-state index is 13.6. The molecule has 0 bridgehead atoms. The Kier molecular flexibility index (Phi) is 4.49. The molecule has 0 spiro atoms. The van der Waals surface area contributed by atoms with Crippen LogP contribution >= 0.6 is 15.9 Å². The number of nitrogens with zero attached hydrogens (tertiary/aromatic N) is 2. The predicted molar refractivity (Wildman–Crippen MR) is 73.8 cm³/mol. The Labute approximate surface area is 118 Å². The summed E-state index contributed by atoms with van der Waals surface area (Å²) in [5, 5.41) is 13.6. The Morgan fingerprint density at radius 2 is 2.21 bits per heavy atom. The smallest absolute Gasteiger partial charge is 0.320 e. The lowest BCUT2D eigenvalue weighted by Gasteiger charge is -2.06. The maximum Gasteiger partial charge on any atom is 0.320 e. The Morgan fingerprint density at radius 1 is 1.42 bits per heavy atom. The van der Waals surface area contributed by atoms with E-state index in [2.05, 4.69) is 36.8 Å². The van der Waals surface area contributed by atoms with Crippen molar-refractivity contribution in [3.63, 3.8) is 0 Å². The fraction of sp³-hybridized carbons (Fsp3) is 0.333. The van der Waals surface area contributed by atoms with Crippen molar-refractivity contribution in [3.8, 4) is 0 Å². The summed E-state index contributed by atoms with van der Waals surface area (Å²) in [6, 6.07) is 4.81. The van der Waals surface area contributed by atoms with Crippen LogP contribution in [0.3, 0.4) is 0 Å². The highest BCUT2D eigenvalue weighted by atomic mass is 79.9. The monoisotopic (exact) mass is 328 g/mol. The van der Waals surface area contributed by atoms with E-state index >= 15 is 0 Å². The van der Waals surface area contributed by atoms with E-state index in [0.29, 0.717) is 10.4 Å². The number of nitrogens with one attached hydrogen (secondary N) is 2. The number of aromatic nitrogens is 2. The van der Waals surface area contributed by atoms with Gasteiger partial charge < -0.3 is 15.1 Å². The maximum atomic E-state index is 13.6. The number of anilines is 2. The molecule has 1 heterocycles. The highest BCUT2D eigenvalue weighted by molar-refractivity contribution is 9.10. The molecule has 0 aliphatic carbocycles. The van der Waals surface area contributed by atoms with Crippen LogP contribution < -0.4 is 10.6 Å². The van der Waals surface area contributed by atoms with Gasteiger partial charge in [-0.15, -0.1) is 5.10 Å². The molecule has 1 atom stereocenters. The second-order valence-electron chi connectivity index (χ2n) is 3.97. The average molecular weight is 329 g/mol. The van der Waals surface area contributed by atoms with Crippen LogP contribution in [-0.2, 0) is 0 Å². The zero-order valence-electron chi connectivity index (χ0n) is 10.6. The van der Waals surface area contributed by atoms with Crippen LogP contribution in [0.1, 0.15) is 25.8 Å². The zero-order valence-corrected chi connectivity index (χ0v) is 12.2. The number of hydrogen-bond acceptors (Lipinski definition) is 5. The minimum Gasteiger partial charge on any atom is -0.406 e. The molecule has 0 aliphatic rings. The molecule has 0 fully saturated rings. The van der Waals surface area contributed by atoms with E-state index in [1.807, 2.05) is 13.8 Å². The van der Waals surface area contributed by atoms with Crippen molar-refractivity contribution in [2.24, 2.45) is 0 Å². The molecule has 0 amide bonds. The van der Waals surface area contributed by atoms with Gasteiger partial charge in [0, 0.05) is 4.47 Å². The van der Waals surface area contributed by atoms with Gasteiger partial charge in [-0.3, -0.25) is 0 Å². The van der Waals surface area contributed by atoms with E-state index in [4.69, 9.17) is 4.42 Å². The van der Waals surface area contributed by atoms with Gasteiger partial charge in [-0.2, -0.15) is 0 Å². The third-order valence-corrected chi connectivity index (χ3v) is 2.99. The first kappa shape index (κ1) is 14.0. The molecule has 0 radical (unpaired) electrons. The molecule has 1 unspecified atom stereocenters. The Balaban J connectivity index is 2.11. The first-order valence-electron chi connectivity index (χ1n) is 5.89. The van der Waals surface area contributed by atoms with Crippen molar-refractivity contribution in [1.29, 1.82) is 0 Å². The van der Waals surface area contributed by atoms with Crippen molar-refractivity contribution in [2.75, 3.05) is 11.9 Å². The average Bonchev–Trinajstić information content (AvgIpc) is 2.82. The van der Waals surface area contributed by atoms with E-state index in [-0.39, 0.29) is 17.7 Å². The van der Waals surface area contributed by atoms with E-state index in [9.17, 15) is 4.39 Å². The summed E-state index contributed by atoms with van der Waals surface area (Å²) in [5.41, 5.74) is 0.287. The third kappa shape index (κ3) is 3.51. The summed E-state index contributed by atoms with van der Waals surface area (Å²) in [5.74, 6) is 0.0655. The second-order valence-corrected chi connectivity index (χ2v) is 4.89. The van der Waals surface area contributed by atoms with Gasteiger partial charge in [-0.05, 0) is 31.7 Å². The lowest BCUT2D eigenvalue weighted by molar-refractivity contribution is 0.430. The summed E-state index contributed by atoms with van der Waals surface area (Å²) in [6.45, 7) is 4.71. The molecule has 0 aliphatic heterocycles. The van der Waals surface area contributed by atoms with Gasteiger partial charge in [0.1, 0.15) is 5.82 Å². The standard InChI is InChI=1S/C12H14BrFN4O/c1-3-15-7(2)11-17-18-12(19-11)16-10-5-4-8(13)6-9(10)14/h4-7,15H,3H2,1-2H3,(H,16,18). The third-order valence-electron chi connectivity index (χ3n) is 2.49. The molecule has 2 N–H and O–H groups in total. The van der Waals surface area contributed by atoms with Crippen LogP contribution in [0.4, 0.5) is 16.1 Å². The number of rotatable bonds is 5. The molecule has 1 aromatic carbocycles. The van der Waals surface area contributed by atoms with Gasteiger partial charge in [-0.1, -0.05) is 28.0 Å². The first-order valence-corrected chi connectivity index (χ1v) is 6.68. The van der Waals surface area contributed by atoms with Crippen LogP contribution in [-0.4, -0.2) is 16.7 Å². The summed E-state index contributed by atoms with van der Waals surface area (Å²) in [6.07, 6.45) is 0. The lowest BCUT2D eigenvalue weighted by atomic mass is 10.3. The molecule has 5 nitrogen and oxygen atoms in total. The van der Waals surface area contributed by atoms with E-state index in [1.54, 1.807) is 12.1 Å². The Hall–Kier alpha value is -1.47. The molecule has 0 saturated heterocycles. The molecule has 0 saturated carbocycles. The largest absolute Gasteiger partial charge is 0.406 e. The van der Waals surface area contributed by atoms with Crippen molar-refractivity contribution < 1.29 is 8.81 Å². The minimum atomic E-state index is -0.395. The fourth-order valence-corrected chi connectivity index (χ4v) is 1.89. The molecule has 102 valence electrons. The summed E-state index contributed by atoms with van der Waals surface area (Å²) >= 11 is 3.19. The van der Waals surface area contributed by atoms with Crippen LogP contribution in [0.25, 0.3) is 0 Å². The van der Waals surface area contributed by atoms with E-state index < -0.39 is 5.82 Å². The van der Waals surface area contributed by atoms with Crippen molar-refractivity contribution in [2.45, 2.75) is 19.9 Å². The van der Waals surface area contributed by atoms with Crippen LogP contribution in [0.2, 0.25) is 0 Å². The number of benzene rings is 1. The van der Waals surface area contributed by atoms with E-state index in [0.717, 1.165) is 6.54 Å². The highest BCUT2D eigenvalue weighted by Crippen LogP contribution is 2.23. The molecule has 19 heavy (non-hydrogen) atoms. The topological polar surface area (TPSA) is 63.0 Å². The van der Waals surface area contributed by atoms with Gasteiger partial charge in [-0.25, -0.2) is 4.39 Å². The molecular weight excluding hydrogens is 315 g/mol. The van der Waals surface area contributed by atoms with Crippen molar-refractivity contribution in [3.05, 3.63) is 34.4 Å². The molecule has 1 aromatic heterocycles. The fourth-order valence-electron chi connectivity index (χ4n) is 1.56. The molecule has 2 aromatic rings. The zero-order chi connectivity index (χ0) is 13.8. The van der Waals surface area contributed by atoms with Gasteiger partial charge in [0.25, 0.3) is 0 Å². The van der Waals surface area contributed by atoms with Crippen molar-refractivity contribution in [1.82, 2.24) is 15.5 Å². The molecule has 7 heteroatoms. The van der Waals surface area contributed by atoms with Gasteiger partial charge >= 0.3 is 6.01 Å².